The van der Waals surface area contributed by atoms with E-state index in [0.29, 0.717) is 6.42 Å². The Bertz CT molecular complexity index is 895. The second-order valence-corrected chi connectivity index (χ2v) is 9.74. The Kier molecular flexibility index (Phi) is 11.0. The number of hydrogen-bond donors (Lipinski definition) is 0. The Morgan fingerprint density at radius 2 is 1.45 bits per heavy atom. The van der Waals surface area contributed by atoms with Gasteiger partial charge in [-0.25, -0.2) is 0 Å². The molecule has 2 aromatic carbocycles. The predicted octanol–water partition coefficient (Wildman–Crippen LogP) is 9.49. The van der Waals surface area contributed by atoms with Crippen LogP contribution in [0.4, 0.5) is 0 Å². The van der Waals surface area contributed by atoms with Crippen molar-refractivity contribution in [1.29, 1.82) is 0 Å². The summed E-state index contributed by atoms with van der Waals surface area (Å²) in [7, 11) is 0. The van der Waals surface area contributed by atoms with Crippen LogP contribution in [0, 0.1) is 0 Å². The second kappa shape index (κ2) is 14.2. The minimum absolute atomic E-state index is 0.0833. The number of rotatable bonds is 16. The van der Waals surface area contributed by atoms with Crippen LogP contribution in [-0.4, -0.2) is 5.97 Å². The minimum Gasteiger partial charge on any atom is -0.453 e. The summed E-state index contributed by atoms with van der Waals surface area (Å²) < 4.78 is 5.87. The number of aryl methyl sites for hydroxylation is 1. The van der Waals surface area contributed by atoms with Gasteiger partial charge in [0.05, 0.1) is 0 Å². The molecule has 1 aliphatic rings. The highest BCUT2D eigenvalue weighted by Crippen LogP contribution is 2.37. The molecule has 1 unspecified atom stereocenters. The van der Waals surface area contributed by atoms with E-state index in [-0.39, 0.29) is 12.1 Å². The Hall–Kier alpha value is -2.09. The molecule has 0 bridgehead atoms. The molecule has 0 fully saturated rings. The van der Waals surface area contributed by atoms with Gasteiger partial charge in [0, 0.05) is 12.0 Å². The first-order chi connectivity index (χ1) is 16.2. The number of benzene rings is 2. The lowest BCUT2D eigenvalue weighted by atomic mass is 9.87. The van der Waals surface area contributed by atoms with E-state index in [1.165, 1.54) is 86.1 Å². The monoisotopic (exact) mass is 448 g/mol. The second-order valence-electron chi connectivity index (χ2n) is 9.74. The van der Waals surface area contributed by atoms with Gasteiger partial charge in [0.25, 0.3) is 0 Å². The van der Waals surface area contributed by atoms with Crippen molar-refractivity contribution in [2.24, 2.45) is 0 Å². The van der Waals surface area contributed by atoms with Crippen molar-refractivity contribution in [3.05, 3.63) is 53.1 Å². The summed E-state index contributed by atoms with van der Waals surface area (Å²) in [6, 6.07) is 10.9. The number of unbranched alkanes of at least 4 members (excludes halogenated alkanes) is 11. The van der Waals surface area contributed by atoms with E-state index < -0.39 is 0 Å². The molecule has 0 spiro atoms. The molecule has 1 atom stereocenters. The van der Waals surface area contributed by atoms with Crippen LogP contribution in [0.15, 0.2) is 36.4 Å². The number of esters is 1. The van der Waals surface area contributed by atoms with Gasteiger partial charge in [0.15, 0.2) is 0 Å². The van der Waals surface area contributed by atoms with Crippen LogP contribution in [0.2, 0.25) is 0 Å². The zero-order chi connectivity index (χ0) is 23.3. The van der Waals surface area contributed by atoms with E-state index in [9.17, 15) is 4.79 Å². The van der Waals surface area contributed by atoms with Crippen molar-refractivity contribution >= 4 is 22.8 Å². The molecule has 3 rings (SSSR count). The molecule has 0 radical (unpaired) electrons. The molecule has 0 N–H and O–H groups in total. The van der Waals surface area contributed by atoms with Gasteiger partial charge in [-0.1, -0.05) is 121 Å². The lowest BCUT2D eigenvalue weighted by molar-refractivity contribution is -0.147. The molecule has 0 saturated carbocycles. The lowest BCUT2D eigenvalue weighted by Crippen LogP contribution is -2.12. The predicted molar refractivity (Wildman–Crippen MR) is 142 cm³/mol. The maximum Gasteiger partial charge on any atom is 0.306 e. The van der Waals surface area contributed by atoms with Gasteiger partial charge in [0.2, 0.25) is 0 Å². The molecule has 0 aromatic heterocycles. The topological polar surface area (TPSA) is 26.3 Å². The maximum absolute atomic E-state index is 12.3. The molecule has 1 aliphatic carbocycles. The smallest absolute Gasteiger partial charge is 0.306 e. The highest BCUT2D eigenvalue weighted by molar-refractivity contribution is 5.97. The van der Waals surface area contributed by atoms with Gasteiger partial charge in [0.1, 0.15) is 6.10 Å². The Morgan fingerprint density at radius 3 is 2.18 bits per heavy atom. The Morgan fingerprint density at radius 1 is 0.788 bits per heavy atom. The number of carbonyl (C=O) groups is 1. The van der Waals surface area contributed by atoms with Gasteiger partial charge in [-0.2, -0.15) is 0 Å². The van der Waals surface area contributed by atoms with Gasteiger partial charge in [-0.3, -0.25) is 4.79 Å². The van der Waals surface area contributed by atoms with E-state index in [2.05, 4.69) is 56.3 Å². The summed E-state index contributed by atoms with van der Waals surface area (Å²) in [5.41, 5.74) is 3.90. The molecule has 180 valence electrons. The van der Waals surface area contributed by atoms with Crippen molar-refractivity contribution < 1.29 is 9.53 Å². The van der Waals surface area contributed by atoms with E-state index in [1.54, 1.807) is 0 Å². The van der Waals surface area contributed by atoms with Crippen LogP contribution in [0.5, 0.6) is 0 Å². The quantitative estimate of drug-likeness (QED) is 0.189. The third-order valence-electron chi connectivity index (χ3n) is 7.00. The van der Waals surface area contributed by atoms with Crippen molar-refractivity contribution in [2.45, 2.75) is 116 Å². The van der Waals surface area contributed by atoms with E-state index in [1.807, 2.05) is 0 Å². The molecule has 2 heteroatoms. The van der Waals surface area contributed by atoms with Crippen LogP contribution in [0.25, 0.3) is 16.8 Å². The summed E-state index contributed by atoms with van der Waals surface area (Å²) >= 11 is 0. The van der Waals surface area contributed by atoms with Crippen LogP contribution in [-0.2, 0) is 16.0 Å². The van der Waals surface area contributed by atoms with E-state index >= 15 is 0 Å². The molecular weight excluding hydrogens is 404 g/mol. The summed E-state index contributed by atoms with van der Waals surface area (Å²) in [6.07, 6.45) is 22.4. The SMILES string of the molecule is CCCCCCCCCCCCc1ccc2cccc3c2c1C=CC3OC(=O)CCCCC. The molecule has 2 nitrogen and oxygen atoms in total. The first-order valence-corrected chi connectivity index (χ1v) is 13.7. The first kappa shape index (κ1) is 25.5. The normalized spacial score (nSPS) is 14.7. The van der Waals surface area contributed by atoms with Crippen LogP contribution >= 0.6 is 0 Å². The first-order valence-electron chi connectivity index (χ1n) is 13.7. The van der Waals surface area contributed by atoms with Gasteiger partial charge < -0.3 is 4.74 Å². The molecular formula is C31H44O2. The summed E-state index contributed by atoms with van der Waals surface area (Å²) in [5.74, 6) is -0.0833. The van der Waals surface area contributed by atoms with Gasteiger partial charge >= 0.3 is 5.97 Å². The van der Waals surface area contributed by atoms with Crippen molar-refractivity contribution in [3.63, 3.8) is 0 Å². The van der Waals surface area contributed by atoms with Gasteiger partial charge in [-0.15, -0.1) is 0 Å². The highest BCUT2D eigenvalue weighted by Gasteiger charge is 2.22. The average molecular weight is 449 g/mol. The maximum atomic E-state index is 12.3. The Balaban J connectivity index is 1.53. The van der Waals surface area contributed by atoms with E-state index in [4.69, 9.17) is 4.74 Å². The number of hydrogen-bond acceptors (Lipinski definition) is 2. The number of ether oxygens (including phenoxy) is 1. The summed E-state index contributed by atoms with van der Waals surface area (Å²) in [5, 5.41) is 2.52. The number of carbonyl (C=O) groups excluding carboxylic acids is 1. The van der Waals surface area contributed by atoms with Crippen LogP contribution in [0.3, 0.4) is 0 Å². The third kappa shape index (κ3) is 7.73. The average Bonchev–Trinajstić information content (AvgIpc) is 2.83. The van der Waals surface area contributed by atoms with Crippen molar-refractivity contribution in [1.82, 2.24) is 0 Å². The molecule has 0 heterocycles. The fourth-order valence-electron chi connectivity index (χ4n) is 5.04. The zero-order valence-corrected chi connectivity index (χ0v) is 21.0. The molecule has 2 aromatic rings. The summed E-state index contributed by atoms with van der Waals surface area (Å²) in [6.45, 7) is 4.43. The molecule has 0 amide bonds. The third-order valence-corrected chi connectivity index (χ3v) is 7.00. The van der Waals surface area contributed by atoms with Gasteiger partial charge in [-0.05, 0) is 47.2 Å². The molecule has 0 aliphatic heterocycles. The molecule has 33 heavy (non-hydrogen) atoms. The van der Waals surface area contributed by atoms with Crippen LogP contribution in [0.1, 0.15) is 127 Å². The van der Waals surface area contributed by atoms with Crippen molar-refractivity contribution in [3.8, 4) is 0 Å². The highest BCUT2D eigenvalue weighted by atomic mass is 16.5. The van der Waals surface area contributed by atoms with Crippen molar-refractivity contribution in [2.75, 3.05) is 0 Å². The van der Waals surface area contributed by atoms with E-state index in [0.717, 1.165) is 31.2 Å². The van der Waals surface area contributed by atoms with Crippen LogP contribution < -0.4 is 0 Å². The Labute approximate surface area is 201 Å². The largest absolute Gasteiger partial charge is 0.453 e. The fraction of sp³-hybridized carbons (Fsp3) is 0.581. The lowest BCUT2D eigenvalue weighted by Gasteiger charge is -2.23. The minimum atomic E-state index is -0.261. The zero-order valence-electron chi connectivity index (χ0n) is 21.0. The summed E-state index contributed by atoms with van der Waals surface area (Å²) in [4.78, 5) is 12.3. The standard InChI is InChI=1S/C31H44O2/c1-3-5-7-8-9-10-11-12-13-15-17-25-21-22-26-18-16-19-28-29(24-23-27(25)31(26)28)33-30(32)20-14-6-4-2/h16,18-19,21-24,29H,3-15,17,20H2,1-2H3. The fourth-order valence-corrected chi connectivity index (χ4v) is 5.04. The molecule has 0 saturated heterocycles.